The molecule has 3 rings (SSSR count). The summed E-state index contributed by atoms with van der Waals surface area (Å²) in [5, 5.41) is 3.43. The van der Waals surface area contributed by atoms with Gasteiger partial charge in [-0.25, -0.2) is 0 Å². The maximum Gasteiger partial charge on any atom is 0.0349 e. The van der Waals surface area contributed by atoms with Crippen LogP contribution < -0.4 is 5.32 Å². The molecule has 1 nitrogen and oxygen atoms in total. The largest absolute Gasteiger partial charge is 0.312 e. The molecular formula is C15H17NS. The number of nitrogens with one attached hydrogen (secondary N) is 1. The molecule has 0 atom stereocenters. The molecule has 0 saturated heterocycles. The lowest BCUT2D eigenvalue weighted by atomic mass is 10.1. The number of rotatable bonds is 2. The molecule has 2 aromatic rings. The average molecular weight is 243 g/mol. The van der Waals surface area contributed by atoms with E-state index in [1.165, 1.54) is 28.0 Å². The van der Waals surface area contributed by atoms with Gasteiger partial charge in [0.1, 0.15) is 0 Å². The van der Waals surface area contributed by atoms with Crippen LogP contribution in [0.4, 0.5) is 0 Å². The van der Waals surface area contributed by atoms with Crippen LogP contribution >= 0.6 is 11.3 Å². The van der Waals surface area contributed by atoms with Gasteiger partial charge >= 0.3 is 0 Å². The normalized spacial score (nSPS) is 14.6. The Balaban J connectivity index is 1.94. The van der Waals surface area contributed by atoms with Gasteiger partial charge in [-0.1, -0.05) is 31.2 Å². The fraction of sp³-hybridized carbons (Fsp3) is 0.333. The first-order valence-electron chi connectivity index (χ1n) is 6.28. The summed E-state index contributed by atoms with van der Waals surface area (Å²) in [4.78, 5) is 2.99. The summed E-state index contributed by atoms with van der Waals surface area (Å²) in [5.41, 5.74) is 4.27. The summed E-state index contributed by atoms with van der Waals surface area (Å²) >= 11 is 1.96. The van der Waals surface area contributed by atoms with Crippen LogP contribution in [0.1, 0.15) is 22.9 Å². The van der Waals surface area contributed by atoms with Gasteiger partial charge < -0.3 is 5.32 Å². The molecule has 1 aromatic carbocycles. The van der Waals surface area contributed by atoms with E-state index in [1.807, 2.05) is 11.3 Å². The molecule has 2 heterocycles. The van der Waals surface area contributed by atoms with E-state index in [4.69, 9.17) is 0 Å². The van der Waals surface area contributed by atoms with Crippen molar-refractivity contribution in [3.8, 4) is 10.4 Å². The Morgan fingerprint density at radius 2 is 2.06 bits per heavy atom. The molecule has 0 unspecified atom stereocenters. The fourth-order valence-corrected chi connectivity index (χ4v) is 3.49. The van der Waals surface area contributed by atoms with Crippen molar-refractivity contribution >= 4 is 11.3 Å². The number of aryl methyl sites for hydroxylation is 1. The Morgan fingerprint density at radius 3 is 2.76 bits per heavy atom. The number of hydrogen-bond donors (Lipinski definition) is 1. The second kappa shape index (κ2) is 4.63. The third kappa shape index (κ3) is 2.15. The zero-order chi connectivity index (χ0) is 11.7. The summed E-state index contributed by atoms with van der Waals surface area (Å²) in [5.74, 6) is 0. The summed E-state index contributed by atoms with van der Waals surface area (Å²) in [6, 6.07) is 11.3. The molecule has 0 aliphatic carbocycles. The van der Waals surface area contributed by atoms with Gasteiger partial charge in [-0.3, -0.25) is 0 Å². The van der Waals surface area contributed by atoms with Crippen molar-refractivity contribution in [1.82, 2.24) is 5.32 Å². The van der Waals surface area contributed by atoms with Gasteiger partial charge in [0.15, 0.2) is 0 Å². The fourth-order valence-electron chi connectivity index (χ4n) is 2.30. The van der Waals surface area contributed by atoms with E-state index >= 15 is 0 Å². The molecule has 88 valence electrons. The molecule has 17 heavy (non-hydrogen) atoms. The van der Waals surface area contributed by atoms with Crippen LogP contribution in [0.15, 0.2) is 30.3 Å². The van der Waals surface area contributed by atoms with Gasteiger partial charge in [-0.15, -0.1) is 11.3 Å². The topological polar surface area (TPSA) is 12.0 Å². The van der Waals surface area contributed by atoms with Crippen LogP contribution in [-0.4, -0.2) is 6.54 Å². The predicted octanol–water partition coefficient (Wildman–Crippen LogP) is 3.62. The maximum atomic E-state index is 3.43. The third-order valence-corrected chi connectivity index (χ3v) is 4.67. The Kier molecular flexibility index (Phi) is 3.00. The Morgan fingerprint density at radius 1 is 1.24 bits per heavy atom. The zero-order valence-electron chi connectivity index (χ0n) is 10.1. The van der Waals surface area contributed by atoms with Crippen molar-refractivity contribution < 1.29 is 0 Å². The van der Waals surface area contributed by atoms with E-state index in [9.17, 15) is 0 Å². The second-order valence-corrected chi connectivity index (χ2v) is 5.67. The van der Waals surface area contributed by atoms with Crippen molar-refractivity contribution in [2.24, 2.45) is 0 Å². The first-order valence-corrected chi connectivity index (χ1v) is 7.10. The van der Waals surface area contributed by atoms with Gasteiger partial charge in [-0.05, 0) is 35.6 Å². The molecule has 0 spiro atoms. The standard InChI is InChI=1S/C15H17NS/c1-2-11-3-5-12(6-4-11)15-9-13-10-16-8-7-14(13)17-15/h3-6,9,16H,2,7-8,10H2,1H3. The monoisotopic (exact) mass is 243 g/mol. The maximum absolute atomic E-state index is 3.43. The lowest BCUT2D eigenvalue weighted by molar-refractivity contribution is 0.653. The van der Waals surface area contributed by atoms with Crippen molar-refractivity contribution in [2.75, 3.05) is 6.54 Å². The number of thiophene rings is 1. The van der Waals surface area contributed by atoms with Gasteiger partial charge in [0, 0.05) is 22.8 Å². The van der Waals surface area contributed by atoms with E-state index < -0.39 is 0 Å². The predicted molar refractivity (Wildman–Crippen MR) is 74.5 cm³/mol. The van der Waals surface area contributed by atoms with Crippen LogP contribution in [0.2, 0.25) is 0 Å². The highest BCUT2D eigenvalue weighted by Gasteiger charge is 2.13. The van der Waals surface area contributed by atoms with Gasteiger partial charge in [0.05, 0.1) is 0 Å². The molecule has 0 bridgehead atoms. The summed E-state index contributed by atoms with van der Waals surface area (Å²) in [7, 11) is 0. The molecule has 1 aromatic heterocycles. The van der Waals surface area contributed by atoms with E-state index in [2.05, 4.69) is 42.6 Å². The van der Waals surface area contributed by atoms with Gasteiger partial charge in [-0.2, -0.15) is 0 Å². The van der Waals surface area contributed by atoms with Gasteiger partial charge in [0.25, 0.3) is 0 Å². The molecule has 0 radical (unpaired) electrons. The summed E-state index contributed by atoms with van der Waals surface area (Å²) in [6.07, 6.45) is 2.30. The molecule has 0 fully saturated rings. The highest BCUT2D eigenvalue weighted by Crippen LogP contribution is 2.33. The molecule has 1 aliphatic rings. The number of hydrogen-bond acceptors (Lipinski definition) is 2. The smallest absolute Gasteiger partial charge is 0.0349 e. The van der Waals surface area contributed by atoms with E-state index in [1.54, 1.807) is 4.88 Å². The van der Waals surface area contributed by atoms with Crippen molar-refractivity contribution in [3.05, 3.63) is 46.3 Å². The first kappa shape index (κ1) is 11.0. The minimum atomic E-state index is 1.04. The van der Waals surface area contributed by atoms with E-state index in [-0.39, 0.29) is 0 Å². The number of benzene rings is 1. The molecule has 1 aliphatic heterocycles. The third-order valence-electron chi connectivity index (χ3n) is 3.39. The van der Waals surface area contributed by atoms with E-state index in [0.29, 0.717) is 0 Å². The SMILES string of the molecule is CCc1ccc(-c2cc3c(s2)CCNC3)cc1. The Labute approximate surface area is 106 Å². The minimum Gasteiger partial charge on any atom is -0.312 e. The highest BCUT2D eigenvalue weighted by atomic mass is 32.1. The van der Waals surface area contributed by atoms with Crippen LogP contribution in [0.25, 0.3) is 10.4 Å². The van der Waals surface area contributed by atoms with Crippen LogP contribution in [0.3, 0.4) is 0 Å². The van der Waals surface area contributed by atoms with Crippen molar-refractivity contribution in [2.45, 2.75) is 26.3 Å². The van der Waals surface area contributed by atoms with Crippen LogP contribution in [-0.2, 0) is 19.4 Å². The van der Waals surface area contributed by atoms with E-state index in [0.717, 1.165) is 19.5 Å². The minimum absolute atomic E-state index is 1.04. The molecule has 2 heteroatoms. The quantitative estimate of drug-likeness (QED) is 0.849. The van der Waals surface area contributed by atoms with Crippen molar-refractivity contribution in [1.29, 1.82) is 0 Å². The summed E-state index contributed by atoms with van der Waals surface area (Å²) in [6.45, 7) is 4.37. The highest BCUT2D eigenvalue weighted by molar-refractivity contribution is 7.15. The average Bonchev–Trinajstić information content (AvgIpc) is 2.82. The lowest BCUT2D eigenvalue weighted by Crippen LogP contribution is -2.21. The Hall–Kier alpha value is -1.12. The molecule has 0 amide bonds. The van der Waals surface area contributed by atoms with Crippen LogP contribution in [0, 0.1) is 0 Å². The molecule has 0 saturated carbocycles. The first-order chi connectivity index (χ1) is 8.36. The second-order valence-electron chi connectivity index (χ2n) is 4.54. The lowest BCUT2D eigenvalue weighted by Gasteiger charge is -2.10. The van der Waals surface area contributed by atoms with Gasteiger partial charge in [0.2, 0.25) is 0 Å². The Bertz CT molecular complexity index is 487. The van der Waals surface area contributed by atoms with Crippen molar-refractivity contribution in [3.63, 3.8) is 0 Å². The summed E-state index contributed by atoms with van der Waals surface area (Å²) < 4.78 is 0. The molecular weight excluding hydrogens is 226 g/mol. The zero-order valence-corrected chi connectivity index (χ0v) is 10.9. The number of fused-ring (bicyclic) bond motifs is 1. The van der Waals surface area contributed by atoms with Crippen LogP contribution in [0.5, 0.6) is 0 Å². The molecule has 1 N–H and O–H groups in total.